The molecule has 4 heteroatoms. The van der Waals surface area contributed by atoms with Crippen LogP contribution < -0.4 is 5.32 Å². The van der Waals surface area contributed by atoms with Gasteiger partial charge in [-0.25, -0.2) is 0 Å². The summed E-state index contributed by atoms with van der Waals surface area (Å²) < 4.78 is 4.83. The predicted molar refractivity (Wildman–Crippen MR) is 121 cm³/mol. The number of carbonyl (C=O) groups is 2. The first kappa shape index (κ1) is 23.6. The number of carbonyl (C=O) groups excluding carboxylic acids is 2. The van der Waals surface area contributed by atoms with Crippen molar-refractivity contribution in [3.8, 4) is 0 Å². The standard InChI is InChI=1S/C24H39NO3.C2H6/c1-15-14-19-24(3,13-11-20(26)25-19)18-10-12-23(2)16(6-5-7-21(27)28-4)8-9-17(23)22(15)18;1-2/h15-19,22H,5-14H2,1-4H3,(H,25,26);1-2H3/t15?,16-,17?,18?,19?,22?,23+,24+;/m0./s1. The summed E-state index contributed by atoms with van der Waals surface area (Å²) in [6, 6.07) is 0.381. The van der Waals surface area contributed by atoms with Crippen LogP contribution in [0.3, 0.4) is 0 Å². The second-order valence-electron chi connectivity index (χ2n) is 10.9. The lowest BCUT2D eigenvalue weighted by Crippen LogP contribution is -2.63. The number of esters is 1. The van der Waals surface area contributed by atoms with E-state index >= 15 is 0 Å². The van der Waals surface area contributed by atoms with E-state index in [1.165, 1.54) is 39.2 Å². The third-order valence-corrected chi connectivity index (χ3v) is 9.82. The summed E-state index contributed by atoms with van der Waals surface area (Å²) in [5.74, 6) is 4.03. The number of amides is 1. The van der Waals surface area contributed by atoms with E-state index in [2.05, 4.69) is 26.1 Å². The van der Waals surface area contributed by atoms with E-state index in [1.54, 1.807) is 0 Å². The Morgan fingerprint density at radius 1 is 1.10 bits per heavy atom. The van der Waals surface area contributed by atoms with Crippen LogP contribution in [0.2, 0.25) is 0 Å². The van der Waals surface area contributed by atoms with Crippen molar-refractivity contribution in [1.82, 2.24) is 5.32 Å². The van der Waals surface area contributed by atoms with Gasteiger partial charge in [-0.15, -0.1) is 0 Å². The summed E-state index contributed by atoms with van der Waals surface area (Å²) in [6.45, 7) is 11.5. The lowest BCUT2D eigenvalue weighted by molar-refractivity contribution is -0.143. The van der Waals surface area contributed by atoms with Gasteiger partial charge in [-0.1, -0.05) is 34.6 Å². The minimum Gasteiger partial charge on any atom is -0.469 e. The maximum atomic E-state index is 12.0. The molecule has 1 amide bonds. The molecule has 4 rings (SSSR count). The number of nitrogens with one attached hydrogen (secondary N) is 1. The molecule has 3 saturated carbocycles. The molecule has 0 aromatic carbocycles. The topological polar surface area (TPSA) is 55.4 Å². The SMILES string of the molecule is CC.COC(=O)CCC[C@H]1CCC2C3C(C)CC4NC(=O)CC[C@]4(C)C3CC[C@@]21C. The molecule has 0 radical (unpaired) electrons. The van der Waals surface area contributed by atoms with Crippen LogP contribution >= 0.6 is 0 Å². The molecule has 8 atom stereocenters. The lowest BCUT2D eigenvalue weighted by atomic mass is 9.45. The average molecular weight is 420 g/mol. The van der Waals surface area contributed by atoms with Gasteiger partial charge < -0.3 is 10.1 Å². The normalized spacial score (nSPS) is 44.5. The first-order valence-corrected chi connectivity index (χ1v) is 12.7. The van der Waals surface area contributed by atoms with Crippen molar-refractivity contribution in [2.24, 2.45) is 40.4 Å². The van der Waals surface area contributed by atoms with Crippen molar-refractivity contribution in [1.29, 1.82) is 0 Å². The Bertz CT molecular complexity index is 634. The van der Waals surface area contributed by atoms with Gasteiger partial charge in [-0.2, -0.15) is 0 Å². The van der Waals surface area contributed by atoms with E-state index in [1.807, 2.05) is 13.8 Å². The Morgan fingerprint density at radius 2 is 1.80 bits per heavy atom. The molecular weight excluding hydrogens is 374 g/mol. The van der Waals surface area contributed by atoms with Crippen molar-refractivity contribution in [2.75, 3.05) is 7.11 Å². The molecule has 5 unspecified atom stereocenters. The van der Waals surface area contributed by atoms with Gasteiger partial charge in [-0.05, 0) is 91.8 Å². The number of hydrogen-bond donors (Lipinski definition) is 1. The Labute approximate surface area is 184 Å². The van der Waals surface area contributed by atoms with Crippen molar-refractivity contribution < 1.29 is 14.3 Å². The highest BCUT2D eigenvalue weighted by Gasteiger charge is 2.61. The quantitative estimate of drug-likeness (QED) is 0.591. The number of hydrogen-bond acceptors (Lipinski definition) is 3. The van der Waals surface area contributed by atoms with Gasteiger partial charge in [0.25, 0.3) is 0 Å². The molecule has 30 heavy (non-hydrogen) atoms. The van der Waals surface area contributed by atoms with Crippen LogP contribution in [-0.4, -0.2) is 25.0 Å². The zero-order valence-corrected chi connectivity index (χ0v) is 20.3. The zero-order chi connectivity index (χ0) is 22.1. The van der Waals surface area contributed by atoms with Crippen molar-refractivity contribution in [3.63, 3.8) is 0 Å². The van der Waals surface area contributed by atoms with Crippen molar-refractivity contribution in [2.45, 2.75) is 105 Å². The van der Waals surface area contributed by atoms with Crippen LogP contribution in [0.25, 0.3) is 0 Å². The van der Waals surface area contributed by atoms with Gasteiger partial charge in [0.2, 0.25) is 5.91 Å². The summed E-state index contributed by atoms with van der Waals surface area (Å²) in [4.78, 5) is 23.5. The summed E-state index contributed by atoms with van der Waals surface area (Å²) in [5, 5.41) is 3.36. The largest absolute Gasteiger partial charge is 0.469 e. The van der Waals surface area contributed by atoms with E-state index in [0.717, 1.165) is 42.9 Å². The maximum absolute atomic E-state index is 12.0. The minimum atomic E-state index is -0.0670. The summed E-state index contributed by atoms with van der Waals surface area (Å²) in [7, 11) is 1.49. The van der Waals surface area contributed by atoms with Crippen LogP contribution in [0.4, 0.5) is 0 Å². The molecule has 3 aliphatic carbocycles. The molecule has 1 aliphatic heterocycles. The van der Waals surface area contributed by atoms with E-state index < -0.39 is 0 Å². The molecule has 1 heterocycles. The second kappa shape index (κ2) is 9.20. The van der Waals surface area contributed by atoms with Gasteiger partial charge in [0.05, 0.1) is 7.11 Å². The van der Waals surface area contributed by atoms with Crippen LogP contribution in [0.5, 0.6) is 0 Å². The number of piperidine rings is 1. The molecule has 0 bridgehead atoms. The summed E-state index contributed by atoms with van der Waals surface area (Å²) in [6.07, 6.45) is 11.0. The average Bonchev–Trinajstić information content (AvgIpc) is 3.07. The molecule has 1 N–H and O–H groups in total. The molecule has 4 fully saturated rings. The second-order valence-corrected chi connectivity index (χ2v) is 10.9. The van der Waals surface area contributed by atoms with Crippen LogP contribution in [0, 0.1) is 40.4 Å². The highest BCUT2D eigenvalue weighted by molar-refractivity contribution is 5.77. The molecule has 172 valence electrons. The van der Waals surface area contributed by atoms with E-state index in [4.69, 9.17) is 4.74 Å². The van der Waals surface area contributed by atoms with Gasteiger partial charge in [0.15, 0.2) is 0 Å². The zero-order valence-electron chi connectivity index (χ0n) is 20.3. The summed E-state index contributed by atoms with van der Waals surface area (Å²) >= 11 is 0. The fourth-order valence-electron chi connectivity index (χ4n) is 8.22. The van der Waals surface area contributed by atoms with Gasteiger partial charge >= 0.3 is 5.97 Å². The van der Waals surface area contributed by atoms with E-state index in [9.17, 15) is 9.59 Å². The van der Waals surface area contributed by atoms with E-state index in [0.29, 0.717) is 30.2 Å². The Morgan fingerprint density at radius 3 is 2.50 bits per heavy atom. The molecule has 0 spiro atoms. The smallest absolute Gasteiger partial charge is 0.305 e. The molecule has 0 aromatic rings. The third kappa shape index (κ3) is 3.93. The Kier molecular flexibility index (Phi) is 7.24. The molecule has 4 aliphatic rings. The van der Waals surface area contributed by atoms with Crippen LogP contribution in [0.1, 0.15) is 98.8 Å². The predicted octanol–water partition coefficient (Wildman–Crippen LogP) is 5.74. The fourth-order valence-corrected chi connectivity index (χ4v) is 8.22. The molecule has 4 nitrogen and oxygen atoms in total. The van der Waals surface area contributed by atoms with Crippen LogP contribution in [-0.2, 0) is 14.3 Å². The number of fused-ring (bicyclic) bond motifs is 5. The number of methoxy groups -OCH3 is 1. The first-order chi connectivity index (χ1) is 14.3. The molecular formula is C26H45NO3. The highest BCUT2D eigenvalue weighted by atomic mass is 16.5. The van der Waals surface area contributed by atoms with Crippen LogP contribution in [0.15, 0.2) is 0 Å². The molecule has 0 aromatic heterocycles. The minimum absolute atomic E-state index is 0.0670. The lowest BCUT2D eigenvalue weighted by Gasteiger charge is -2.62. The van der Waals surface area contributed by atoms with Gasteiger partial charge in [-0.3, -0.25) is 9.59 Å². The Balaban J connectivity index is 0.00000124. The van der Waals surface area contributed by atoms with Gasteiger partial charge in [0.1, 0.15) is 0 Å². The maximum Gasteiger partial charge on any atom is 0.305 e. The van der Waals surface area contributed by atoms with Crippen molar-refractivity contribution in [3.05, 3.63) is 0 Å². The van der Waals surface area contributed by atoms with E-state index in [-0.39, 0.29) is 17.3 Å². The van der Waals surface area contributed by atoms with Crippen molar-refractivity contribution >= 4 is 11.9 Å². The third-order valence-electron chi connectivity index (χ3n) is 9.82. The number of ether oxygens (including phenoxy) is 1. The highest BCUT2D eigenvalue weighted by Crippen LogP contribution is 2.67. The number of rotatable bonds is 4. The fraction of sp³-hybridized carbons (Fsp3) is 0.923. The Hall–Kier alpha value is -1.06. The monoisotopic (exact) mass is 419 g/mol. The molecule has 1 saturated heterocycles. The summed E-state index contributed by atoms with van der Waals surface area (Å²) in [5.41, 5.74) is 0.724. The first-order valence-electron chi connectivity index (χ1n) is 12.7. The van der Waals surface area contributed by atoms with Gasteiger partial charge in [0, 0.05) is 18.9 Å².